The highest BCUT2D eigenvalue weighted by Gasteiger charge is 2.22. The number of para-hydroxylation sites is 1. The molecule has 0 spiro atoms. The van der Waals surface area contributed by atoms with E-state index in [2.05, 4.69) is 5.32 Å². The molecule has 0 saturated carbocycles. The molecule has 110 valence electrons. The van der Waals surface area contributed by atoms with Crippen LogP contribution in [-0.2, 0) is 10.3 Å². The molecule has 0 heterocycles. The van der Waals surface area contributed by atoms with E-state index < -0.39 is 5.54 Å². The lowest BCUT2D eigenvalue weighted by Crippen LogP contribution is -2.43. The molecule has 2 aromatic carbocycles. The molecule has 0 aliphatic heterocycles. The minimum Gasteiger partial charge on any atom is -0.484 e. The van der Waals surface area contributed by atoms with Gasteiger partial charge in [-0.05, 0) is 43.7 Å². The van der Waals surface area contributed by atoms with Gasteiger partial charge in [0, 0.05) is 0 Å². The number of ether oxygens (including phenoxy) is 1. The second kappa shape index (κ2) is 6.39. The molecule has 2 aromatic rings. The van der Waals surface area contributed by atoms with Gasteiger partial charge in [-0.1, -0.05) is 30.3 Å². The van der Waals surface area contributed by atoms with Crippen molar-refractivity contribution in [3.05, 3.63) is 66.0 Å². The Labute approximate surface area is 123 Å². The number of halogens is 1. The Balaban J connectivity index is 1.93. The highest BCUT2D eigenvalue weighted by atomic mass is 19.1. The van der Waals surface area contributed by atoms with Crippen molar-refractivity contribution in [3.8, 4) is 5.75 Å². The van der Waals surface area contributed by atoms with Crippen molar-refractivity contribution in [3.63, 3.8) is 0 Å². The van der Waals surface area contributed by atoms with Crippen molar-refractivity contribution in [1.29, 1.82) is 0 Å². The van der Waals surface area contributed by atoms with Gasteiger partial charge < -0.3 is 10.1 Å². The predicted molar refractivity (Wildman–Crippen MR) is 79.5 cm³/mol. The fourth-order valence-electron chi connectivity index (χ4n) is 1.99. The molecule has 2 rings (SSSR count). The van der Waals surface area contributed by atoms with Crippen molar-refractivity contribution in [2.24, 2.45) is 0 Å². The lowest BCUT2D eigenvalue weighted by molar-refractivity contribution is -0.124. The van der Waals surface area contributed by atoms with Gasteiger partial charge in [-0.3, -0.25) is 4.79 Å². The van der Waals surface area contributed by atoms with Crippen molar-refractivity contribution >= 4 is 5.91 Å². The Hall–Kier alpha value is -2.36. The van der Waals surface area contributed by atoms with Gasteiger partial charge in [-0.15, -0.1) is 0 Å². The maximum atomic E-state index is 12.9. The van der Waals surface area contributed by atoms with Gasteiger partial charge in [0.1, 0.15) is 11.6 Å². The second-order valence-electron chi connectivity index (χ2n) is 5.28. The van der Waals surface area contributed by atoms with Crippen LogP contribution in [0, 0.1) is 5.82 Å². The van der Waals surface area contributed by atoms with Gasteiger partial charge in [0.05, 0.1) is 5.54 Å². The maximum absolute atomic E-state index is 12.9. The average Bonchev–Trinajstić information content (AvgIpc) is 2.46. The largest absolute Gasteiger partial charge is 0.484 e. The molecule has 1 amide bonds. The average molecular weight is 287 g/mol. The molecule has 21 heavy (non-hydrogen) atoms. The molecule has 0 aliphatic carbocycles. The van der Waals surface area contributed by atoms with Crippen LogP contribution in [0.25, 0.3) is 0 Å². The molecular formula is C17H18FNO2. The third-order valence-electron chi connectivity index (χ3n) is 3.13. The van der Waals surface area contributed by atoms with E-state index >= 15 is 0 Å². The Kier molecular flexibility index (Phi) is 4.58. The number of hydrogen-bond donors (Lipinski definition) is 1. The summed E-state index contributed by atoms with van der Waals surface area (Å²) in [4.78, 5) is 12.0. The Morgan fingerprint density at radius 2 is 1.71 bits per heavy atom. The number of hydrogen-bond acceptors (Lipinski definition) is 2. The Morgan fingerprint density at radius 1 is 1.10 bits per heavy atom. The van der Waals surface area contributed by atoms with E-state index in [9.17, 15) is 9.18 Å². The summed E-state index contributed by atoms with van der Waals surface area (Å²) in [6.45, 7) is 3.66. The van der Waals surface area contributed by atoms with Crippen LogP contribution in [0.4, 0.5) is 4.39 Å². The molecular weight excluding hydrogens is 269 g/mol. The van der Waals surface area contributed by atoms with Gasteiger partial charge >= 0.3 is 0 Å². The van der Waals surface area contributed by atoms with E-state index in [1.165, 1.54) is 12.1 Å². The van der Waals surface area contributed by atoms with Crippen LogP contribution in [0.1, 0.15) is 19.4 Å². The van der Waals surface area contributed by atoms with Crippen LogP contribution in [0.15, 0.2) is 54.6 Å². The van der Waals surface area contributed by atoms with Gasteiger partial charge in [0.2, 0.25) is 0 Å². The fourth-order valence-corrected chi connectivity index (χ4v) is 1.99. The molecule has 0 saturated heterocycles. The number of benzene rings is 2. The number of amides is 1. The monoisotopic (exact) mass is 287 g/mol. The van der Waals surface area contributed by atoms with Gasteiger partial charge in [-0.25, -0.2) is 4.39 Å². The van der Waals surface area contributed by atoms with Crippen molar-refractivity contribution in [2.45, 2.75) is 19.4 Å². The van der Waals surface area contributed by atoms with Gasteiger partial charge in [0.25, 0.3) is 5.91 Å². The zero-order chi connectivity index (χ0) is 15.3. The van der Waals surface area contributed by atoms with Crippen LogP contribution < -0.4 is 10.1 Å². The minimum absolute atomic E-state index is 0.0609. The number of rotatable bonds is 5. The first-order chi connectivity index (χ1) is 9.97. The summed E-state index contributed by atoms with van der Waals surface area (Å²) in [5.41, 5.74) is 0.238. The Bertz CT molecular complexity index is 594. The summed E-state index contributed by atoms with van der Waals surface area (Å²) in [5.74, 6) is 0.119. The third-order valence-corrected chi connectivity index (χ3v) is 3.13. The molecule has 1 N–H and O–H groups in total. The smallest absolute Gasteiger partial charge is 0.258 e. The summed E-state index contributed by atoms with van der Waals surface area (Å²) >= 11 is 0. The first-order valence-electron chi connectivity index (χ1n) is 6.72. The standard InChI is InChI=1S/C17H18FNO2/c1-17(2,13-8-10-14(18)11-9-13)19-16(20)12-21-15-6-4-3-5-7-15/h3-11H,12H2,1-2H3,(H,19,20). The lowest BCUT2D eigenvalue weighted by atomic mass is 9.94. The van der Waals surface area contributed by atoms with Crippen LogP contribution in [0.5, 0.6) is 5.75 Å². The normalized spacial score (nSPS) is 11.0. The molecule has 0 aliphatic rings. The summed E-state index contributed by atoms with van der Waals surface area (Å²) in [6, 6.07) is 15.2. The number of carbonyl (C=O) groups is 1. The SMILES string of the molecule is CC(C)(NC(=O)COc1ccccc1)c1ccc(F)cc1. The molecule has 0 atom stereocenters. The zero-order valence-electron chi connectivity index (χ0n) is 12.1. The summed E-state index contributed by atoms with van der Waals surface area (Å²) in [5, 5.41) is 2.88. The fraction of sp³-hybridized carbons (Fsp3) is 0.235. The summed E-state index contributed by atoms with van der Waals surface area (Å²) in [7, 11) is 0. The quantitative estimate of drug-likeness (QED) is 0.916. The number of nitrogens with one attached hydrogen (secondary N) is 1. The van der Waals surface area contributed by atoms with Crippen LogP contribution >= 0.6 is 0 Å². The molecule has 0 aromatic heterocycles. The molecule has 0 fully saturated rings. The molecule has 0 radical (unpaired) electrons. The summed E-state index contributed by atoms with van der Waals surface area (Å²) in [6.07, 6.45) is 0. The van der Waals surface area contributed by atoms with Gasteiger partial charge in [0.15, 0.2) is 6.61 Å². The molecule has 4 heteroatoms. The second-order valence-corrected chi connectivity index (χ2v) is 5.28. The van der Waals surface area contributed by atoms with Crippen LogP contribution in [-0.4, -0.2) is 12.5 Å². The van der Waals surface area contributed by atoms with Crippen molar-refractivity contribution in [2.75, 3.05) is 6.61 Å². The Morgan fingerprint density at radius 3 is 2.33 bits per heavy atom. The predicted octanol–water partition coefficient (Wildman–Crippen LogP) is 3.26. The van der Waals surface area contributed by atoms with E-state index in [1.807, 2.05) is 32.0 Å². The number of carbonyl (C=O) groups excluding carboxylic acids is 1. The minimum atomic E-state index is -0.592. The van der Waals surface area contributed by atoms with Gasteiger partial charge in [-0.2, -0.15) is 0 Å². The van der Waals surface area contributed by atoms with Crippen molar-refractivity contribution < 1.29 is 13.9 Å². The molecule has 3 nitrogen and oxygen atoms in total. The molecule has 0 bridgehead atoms. The first kappa shape index (κ1) is 15.0. The molecule has 0 unspecified atom stereocenters. The van der Waals surface area contributed by atoms with Crippen LogP contribution in [0.2, 0.25) is 0 Å². The lowest BCUT2D eigenvalue weighted by Gasteiger charge is -2.27. The maximum Gasteiger partial charge on any atom is 0.258 e. The topological polar surface area (TPSA) is 38.3 Å². The zero-order valence-corrected chi connectivity index (χ0v) is 12.1. The third kappa shape index (κ3) is 4.31. The van der Waals surface area contributed by atoms with E-state index in [0.29, 0.717) is 5.75 Å². The van der Waals surface area contributed by atoms with Crippen LogP contribution in [0.3, 0.4) is 0 Å². The van der Waals surface area contributed by atoms with E-state index in [1.54, 1.807) is 24.3 Å². The van der Waals surface area contributed by atoms with Crippen molar-refractivity contribution in [1.82, 2.24) is 5.32 Å². The highest BCUT2D eigenvalue weighted by Crippen LogP contribution is 2.20. The first-order valence-corrected chi connectivity index (χ1v) is 6.72. The van der Waals surface area contributed by atoms with E-state index in [-0.39, 0.29) is 18.3 Å². The highest BCUT2D eigenvalue weighted by molar-refractivity contribution is 5.78. The van der Waals surface area contributed by atoms with E-state index in [0.717, 1.165) is 5.56 Å². The summed E-state index contributed by atoms with van der Waals surface area (Å²) < 4.78 is 18.3. The van der Waals surface area contributed by atoms with E-state index in [4.69, 9.17) is 4.74 Å².